The maximum Gasteiger partial charge on any atom is 0.331 e. The summed E-state index contributed by atoms with van der Waals surface area (Å²) in [6.07, 6.45) is 11.3. The molecule has 18 heavy (non-hydrogen) atoms. The molecule has 0 spiro atoms. The van der Waals surface area contributed by atoms with E-state index in [1.165, 1.54) is 11.1 Å². The largest absolute Gasteiger partial charge is 0.478 e. The lowest BCUT2D eigenvalue weighted by Gasteiger charge is -1.94. The number of carboxylic acid groups (broad SMARTS) is 1. The Morgan fingerprint density at radius 1 is 0.889 bits per heavy atom. The van der Waals surface area contributed by atoms with Gasteiger partial charge in [-0.3, -0.25) is 0 Å². The standard InChI is InChI=1S/C16H22O2/c1-12(2)14(4)10-6-8-13(3)9-7-11-15(5)16(17)18/h6-11H,1-5H3,(H,17,18)/b9-7+,10-6?,13-8+,15-11?. The van der Waals surface area contributed by atoms with Crippen molar-refractivity contribution in [2.75, 3.05) is 0 Å². The Morgan fingerprint density at radius 2 is 1.44 bits per heavy atom. The van der Waals surface area contributed by atoms with Gasteiger partial charge in [0.2, 0.25) is 0 Å². The molecular formula is C16H22O2. The predicted octanol–water partition coefficient (Wildman–Crippen LogP) is 4.43. The fourth-order valence-electron chi connectivity index (χ4n) is 0.982. The second-order valence-corrected chi connectivity index (χ2v) is 4.47. The topological polar surface area (TPSA) is 37.3 Å². The van der Waals surface area contributed by atoms with E-state index in [9.17, 15) is 4.79 Å². The number of allylic oxidation sites excluding steroid dienone is 9. The van der Waals surface area contributed by atoms with Crippen LogP contribution >= 0.6 is 0 Å². The molecule has 0 radical (unpaired) electrons. The summed E-state index contributed by atoms with van der Waals surface area (Å²) in [4.78, 5) is 10.6. The molecule has 0 saturated heterocycles. The van der Waals surface area contributed by atoms with Gasteiger partial charge in [0.05, 0.1) is 0 Å². The van der Waals surface area contributed by atoms with Gasteiger partial charge in [0.15, 0.2) is 0 Å². The number of rotatable bonds is 5. The molecule has 0 aliphatic heterocycles. The van der Waals surface area contributed by atoms with Gasteiger partial charge in [-0.2, -0.15) is 0 Å². The third-order valence-corrected chi connectivity index (χ3v) is 2.54. The summed E-state index contributed by atoms with van der Waals surface area (Å²) in [6, 6.07) is 0. The van der Waals surface area contributed by atoms with Crippen molar-refractivity contribution < 1.29 is 9.90 Å². The Morgan fingerprint density at radius 3 is 1.94 bits per heavy atom. The zero-order valence-corrected chi connectivity index (χ0v) is 11.8. The average Bonchev–Trinajstić information content (AvgIpc) is 2.28. The van der Waals surface area contributed by atoms with Crippen molar-refractivity contribution in [2.24, 2.45) is 0 Å². The molecule has 0 bridgehead atoms. The summed E-state index contributed by atoms with van der Waals surface area (Å²) >= 11 is 0. The molecule has 0 heterocycles. The van der Waals surface area contributed by atoms with Gasteiger partial charge in [-0.05, 0) is 34.6 Å². The van der Waals surface area contributed by atoms with Crippen LogP contribution in [0.4, 0.5) is 0 Å². The van der Waals surface area contributed by atoms with E-state index in [4.69, 9.17) is 5.11 Å². The quantitative estimate of drug-likeness (QED) is 0.575. The van der Waals surface area contributed by atoms with Gasteiger partial charge in [0.25, 0.3) is 0 Å². The lowest BCUT2D eigenvalue weighted by molar-refractivity contribution is -0.132. The molecule has 98 valence electrons. The second-order valence-electron chi connectivity index (χ2n) is 4.47. The van der Waals surface area contributed by atoms with E-state index in [1.807, 2.05) is 25.2 Å². The first-order valence-electron chi connectivity index (χ1n) is 5.92. The van der Waals surface area contributed by atoms with Crippen LogP contribution in [0.1, 0.15) is 34.6 Å². The molecule has 0 aromatic carbocycles. The average molecular weight is 246 g/mol. The van der Waals surface area contributed by atoms with E-state index in [0.717, 1.165) is 5.57 Å². The molecule has 0 aliphatic rings. The van der Waals surface area contributed by atoms with Crippen molar-refractivity contribution in [3.63, 3.8) is 0 Å². The van der Waals surface area contributed by atoms with Crippen molar-refractivity contribution >= 4 is 5.97 Å². The van der Waals surface area contributed by atoms with Gasteiger partial charge >= 0.3 is 5.97 Å². The Kier molecular flexibility index (Phi) is 7.45. The van der Waals surface area contributed by atoms with Crippen LogP contribution in [-0.2, 0) is 4.79 Å². The molecule has 0 amide bonds. The summed E-state index contributed by atoms with van der Waals surface area (Å²) in [5.41, 5.74) is 3.95. The molecule has 0 aliphatic carbocycles. The van der Waals surface area contributed by atoms with E-state index >= 15 is 0 Å². The summed E-state index contributed by atoms with van der Waals surface area (Å²) in [6.45, 7) is 9.78. The summed E-state index contributed by atoms with van der Waals surface area (Å²) in [5, 5.41) is 8.67. The molecule has 0 fully saturated rings. The number of hydrogen-bond acceptors (Lipinski definition) is 1. The summed E-state index contributed by atoms with van der Waals surface area (Å²) < 4.78 is 0. The van der Waals surface area contributed by atoms with Gasteiger partial charge < -0.3 is 5.11 Å². The van der Waals surface area contributed by atoms with Crippen LogP contribution in [0.15, 0.2) is 58.7 Å². The van der Waals surface area contributed by atoms with E-state index in [0.29, 0.717) is 5.57 Å². The van der Waals surface area contributed by atoms with Crippen LogP contribution in [0.3, 0.4) is 0 Å². The minimum atomic E-state index is -0.889. The van der Waals surface area contributed by atoms with Crippen LogP contribution in [0.2, 0.25) is 0 Å². The molecule has 0 aromatic heterocycles. The van der Waals surface area contributed by atoms with Crippen molar-refractivity contribution in [3.8, 4) is 0 Å². The highest BCUT2D eigenvalue weighted by atomic mass is 16.4. The zero-order chi connectivity index (χ0) is 14.1. The molecule has 0 atom stereocenters. The third kappa shape index (κ3) is 7.44. The molecular weight excluding hydrogens is 224 g/mol. The lowest BCUT2D eigenvalue weighted by atomic mass is 10.1. The first-order chi connectivity index (χ1) is 8.34. The highest BCUT2D eigenvalue weighted by Crippen LogP contribution is 2.04. The second kappa shape index (κ2) is 8.29. The zero-order valence-electron chi connectivity index (χ0n) is 11.8. The summed E-state index contributed by atoms with van der Waals surface area (Å²) in [7, 11) is 0. The van der Waals surface area contributed by atoms with Crippen molar-refractivity contribution in [1.82, 2.24) is 0 Å². The van der Waals surface area contributed by atoms with E-state index in [-0.39, 0.29) is 0 Å². The molecule has 0 saturated carbocycles. The fraction of sp³-hybridized carbons (Fsp3) is 0.312. The van der Waals surface area contributed by atoms with Crippen molar-refractivity contribution in [3.05, 3.63) is 58.7 Å². The minimum Gasteiger partial charge on any atom is -0.478 e. The molecule has 2 heteroatoms. The van der Waals surface area contributed by atoms with Gasteiger partial charge in [-0.25, -0.2) is 4.79 Å². The van der Waals surface area contributed by atoms with Crippen LogP contribution in [0.25, 0.3) is 0 Å². The SMILES string of the molecule is CC(=C/C=C/C(C)=C/C=CC(C)=C(C)C)C(=O)O. The van der Waals surface area contributed by atoms with Crippen molar-refractivity contribution in [2.45, 2.75) is 34.6 Å². The molecule has 0 rings (SSSR count). The number of hydrogen-bond donors (Lipinski definition) is 1. The smallest absolute Gasteiger partial charge is 0.331 e. The molecule has 2 nitrogen and oxygen atoms in total. The molecule has 0 aromatic rings. The maximum absolute atomic E-state index is 10.6. The molecule has 0 unspecified atom stereocenters. The summed E-state index contributed by atoms with van der Waals surface area (Å²) in [5.74, 6) is -0.889. The number of carbonyl (C=O) groups is 1. The maximum atomic E-state index is 10.6. The van der Waals surface area contributed by atoms with Gasteiger partial charge in [0, 0.05) is 5.57 Å². The number of carboxylic acids is 1. The predicted molar refractivity (Wildman–Crippen MR) is 77.5 cm³/mol. The van der Waals surface area contributed by atoms with Gasteiger partial charge in [-0.15, -0.1) is 0 Å². The Hall–Kier alpha value is -1.83. The van der Waals surface area contributed by atoms with Gasteiger partial charge in [0.1, 0.15) is 0 Å². The fourth-order valence-corrected chi connectivity index (χ4v) is 0.982. The lowest BCUT2D eigenvalue weighted by Crippen LogP contribution is -1.94. The highest BCUT2D eigenvalue weighted by Gasteiger charge is 1.95. The monoisotopic (exact) mass is 246 g/mol. The number of aliphatic carboxylic acids is 1. The third-order valence-electron chi connectivity index (χ3n) is 2.54. The Labute approximate surface area is 110 Å². The first-order valence-corrected chi connectivity index (χ1v) is 5.92. The van der Waals surface area contributed by atoms with Crippen LogP contribution in [-0.4, -0.2) is 11.1 Å². The Bertz CT molecular complexity index is 440. The van der Waals surface area contributed by atoms with Crippen LogP contribution in [0.5, 0.6) is 0 Å². The van der Waals surface area contributed by atoms with Gasteiger partial charge in [-0.1, -0.05) is 53.2 Å². The van der Waals surface area contributed by atoms with Crippen LogP contribution in [0, 0.1) is 0 Å². The van der Waals surface area contributed by atoms with Crippen LogP contribution < -0.4 is 0 Å². The van der Waals surface area contributed by atoms with E-state index in [2.05, 4.69) is 26.8 Å². The van der Waals surface area contributed by atoms with E-state index < -0.39 is 5.97 Å². The minimum absolute atomic E-state index is 0.329. The first kappa shape index (κ1) is 16.2. The molecule has 1 N–H and O–H groups in total. The van der Waals surface area contributed by atoms with Crippen molar-refractivity contribution in [1.29, 1.82) is 0 Å². The normalized spacial score (nSPS) is 13.4. The highest BCUT2D eigenvalue weighted by molar-refractivity contribution is 5.86. The Balaban J connectivity index is 4.56. The van der Waals surface area contributed by atoms with E-state index in [1.54, 1.807) is 19.1 Å².